The summed E-state index contributed by atoms with van der Waals surface area (Å²) in [7, 11) is 0. The van der Waals surface area contributed by atoms with E-state index in [1.807, 2.05) is 13.8 Å². The quantitative estimate of drug-likeness (QED) is 0.786. The van der Waals surface area contributed by atoms with Gasteiger partial charge < -0.3 is 10.2 Å². The van der Waals surface area contributed by atoms with E-state index in [0.717, 1.165) is 31.7 Å². The number of nitrogens with zero attached hydrogens (tertiary/aromatic N) is 2. The molecule has 1 heterocycles. The molecule has 0 atom stereocenters. The van der Waals surface area contributed by atoms with Crippen molar-refractivity contribution in [1.29, 1.82) is 5.26 Å². The van der Waals surface area contributed by atoms with E-state index in [2.05, 4.69) is 16.3 Å². The highest BCUT2D eigenvalue weighted by Crippen LogP contribution is 2.23. The van der Waals surface area contributed by atoms with Crippen LogP contribution in [0.15, 0.2) is 0 Å². The predicted molar refractivity (Wildman–Crippen MR) is 65.0 cm³/mol. The Morgan fingerprint density at radius 2 is 1.75 bits per heavy atom. The van der Waals surface area contributed by atoms with Crippen LogP contribution in [-0.4, -0.2) is 36.6 Å². The van der Waals surface area contributed by atoms with Gasteiger partial charge in [-0.25, -0.2) is 0 Å². The van der Waals surface area contributed by atoms with Crippen LogP contribution in [0.5, 0.6) is 0 Å². The topological polar surface area (TPSA) is 39.1 Å². The fraction of sp³-hybridized carbons (Fsp3) is 0.923. The summed E-state index contributed by atoms with van der Waals surface area (Å²) < 4.78 is 0. The minimum Gasteiger partial charge on any atom is -0.311 e. The molecule has 2 rings (SSSR count). The normalized spacial score (nSPS) is 24.3. The average molecular weight is 221 g/mol. The van der Waals surface area contributed by atoms with E-state index in [4.69, 9.17) is 5.26 Å². The van der Waals surface area contributed by atoms with E-state index in [-0.39, 0.29) is 5.41 Å². The summed E-state index contributed by atoms with van der Waals surface area (Å²) in [6.07, 6.45) is 5.25. The summed E-state index contributed by atoms with van der Waals surface area (Å²) in [5.74, 6) is 0. The first-order valence-corrected chi connectivity index (χ1v) is 6.49. The average Bonchev–Trinajstić information content (AvgIpc) is 3.05. The standard InChI is InChI=1S/C13H23N3/c1-13(2,9-14)10-16-7-5-12(6-8-16)15-11-3-4-11/h11-12,15H,3-8,10H2,1-2H3. The maximum absolute atomic E-state index is 9.01. The molecule has 1 saturated heterocycles. The Bertz CT molecular complexity index is 267. The third kappa shape index (κ3) is 3.47. The number of likely N-dealkylation sites (tertiary alicyclic amines) is 1. The van der Waals surface area contributed by atoms with Gasteiger partial charge in [-0.05, 0) is 52.6 Å². The van der Waals surface area contributed by atoms with Gasteiger partial charge in [0.25, 0.3) is 0 Å². The Labute approximate surface area is 98.8 Å². The van der Waals surface area contributed by atoms with Crippen molar-refractivity contribution in [2.45, 2.75) is 51.6 Å². The van der Waals surface area contributed by atoms with E-state index in [9.17, 15) is 0 Å². The van der Waals surface area contributed by atoms with Gasteiger partial charge in [0, 0.05) is 18.6 Å². The van der Waals surface area contributed by atoms with Gasteiger partial charge in [0.2, 0.25) is 0 Å². The lowest BCUT2D eigenvalue weighted by Gasteiger charge is -2.35. The highest BCUT2D eigenvalue weighted by atomic mass is 15.2. The van der Waals surface area contributed by atoms with Crippen molar-refractivity contribution in [3.8, 4) is 6.07 Å². The molecule has 3 heteroatoms. The highest BCUT2D eigenvalue weighted by Gasteiger charge is 2.29. The third-order valence-corrected chi connectivity index (χ3v) is 3.56. The first-order chi connectivity index (χ1) is 7.59. The fourth-order valence-corrected chi connectivity index (χ4v) is 2.44. The highest BCUT2D eigenvalue weighted by molar-refractivity contribution is 4.95. The Hall–Kier alpha value is -0.590. The van der Waals surface area contributed by atoms with Crippen LogP contribution in [0.2, 0.25) is 0 Å². The molecule has 0 amide bonds. The largest absolute Gasteiger partial charge is 0.311 e. The maximum Gasteiger partial charge on any atom is 0.0697 e. The van der Waals surface area contributed by atoms with E-state index in [1.165, 1.54) is 25.7 Å². The molecule has 2 fully saturated rings. The number of hydrogen-bond donors (Lipinski definition) is 1. The van der Waals surface area contributed by atoms with E-state index in [0.29, 0.717) is 0 Å². The SMILES string of the molecule is CC(C)(C#N)CN1CCC(NC2CC2)CC1. The van der Waals surface area contributed by atoms with Gasteiger partial charge in [0.1, 0.15) is 0 Å². The van der Waals surface area contributed by atoms with Crippen LogP contribution in [0.1, 0.15) is 39.5 Å². The lowest BCUT2D eigenvalue weighted by Crippen LogP contribution is -2.45. The van der Waals surface area contributed by atoms with Crippen molar-refractivity contribution in [3.63, 3.8) is 0 Å². The van der Waals surface area contributed by atoms with E-state index in [1.54, 1.807) is 0 Å². The zero-order chi connectivity index (χ0) is 11.6. The van der Waals surface area contributed by atoms with Crippen LogP contribution in [0.4, 0.5) is 0 Å². The monoisotopic (exact) mass is 221 g/mol. The molecule has 0 radical (unpaired) electrons. The van der Waals surface area contributed by atoms with Gasteiger partial charge in [-0.1, -0.05) is 0 Å². The number of piperidine rings is 1. The van der Waals surface area contributed by atoms with Crippen LogP contribution in [0, 0.1) is 16.7 Å². The lowest BCUT2D eigenvalue weighted by molar-refractivity contribution is 0.160. The number of hydrogen-bond acceptors (Lipinski definition) is 3. The third-order valence-electron chi connectivity index (χ3n) is 3.56. The minimum atomic E-state index is -0.198. The summed E-state index contributed by atoms with van der Waals surface area (Å²) in [4.78, 5) is 2.44. The summed E-state index contributed by atoms with van der Waals surface area (Å²) in [6, 6.07) is 3.94. The Balaban J connectivity index is 1.70. The van der Waals surface area contributed by atoms with Crippen molar-refractivity contribution in [1.82, 2.24) is 10.2 Å². The zero-order valence-corrected chi connectivity index (χ0v) is 10.5. The van der Waals surface area contributed by atoms with E-state index < -0.39 is 0 Å². The van der Waals surface area contributed by atoms with Crippen molar-refractivity contribution >= 4 is 0 Å². The molecule has 0 aromatic carbocycles. The molecule has 16 heavy (non-hydrogen) atoms. The molecule has 0 aromatic heterocycles. The molecule has 0 spiro atoms. The minimum absolute atomic E-state index is 0.198. The molecule has 0 bridgehead atoms. The number of rotatable bonds is 4. The molecule has 3 nitrogen and oxygen atoms in total. The number of nitrogens with one attached hydrogen (secondary N) is 1. The second-order valence-electron chi connectivity index (χ2n) is 5.99. The van der Waals surface area contributed by atoms with Gasteiger partial charge >= 0.3 is 0 Å². The fourth-order valence-electron chi connectivity index (χ4n) is 2.44. The predicted octanol–water partition coefficient (Wildman–Crippen LogP) is 1.75. The Kier molecular flexibility index (Phi) is 3.51. The molecule has 0 aromatic rings. The first-order valence-electron chi connectivity index (χ1n) is 6.49. The molecule has 2 aliphatic rings. The molecule has 0 unspecified atom stereocenters. The van der Waals surface area contributed by atoms with Gasteiger partial charge in [-0.15, -0.1) is 0 Å². The Morgan fingerprint density at radius 1 is 1.19 bits per heavy atom. The first kappa shape index (κ1) is 11.9. The molecule has 1 aliphatic carbocycles. The van der Waals surface area contributed by atoms with Crippen LogP contribution in [0.3, 0.4) is 0 Å². The zero-order valence-electron chi connectivity index (χ0n) is 10.5. The van der Waals surface area contributed by atoms with Crippen molar-refractivity contribution in [2.24, 2.45) is 5.41 Å². The summed E-state index contributed by atoms with van der Waals surface area (Å²) in [5, 5.41) is 12.7. The molecular weight excluding hydrogens is 198 g/mol. The molecular formula is C13H23N3. The molecule has 90 valence electrons. The summed E-state index contributed by atoms with van der Waals surface area (Å²) >= 11 is 0. The molecule has 1 N–H and O–H groups in total. The summed E-state index contributed by atoms with van der Waals surface area (Å²) in [6.45, 7) is 7.27. The Morgan fingerprint density at radius 3 is 2.25 bits per heavy atom. The van der Waals surface area contributed by atoms with E-state index >= 15 is 0 Å². The van der Waals surface area contributed by atoms with Crippen LogP contribution < -0.4 is 5.32 Å². The molecule has 1 saturated carbocycles. The van der Waals surface area contributed by atoms with Crippen LogP contribution >= 0.6 is 0 Å². The lowest BCUT2D eigenvalue weighted by atomic mass is 9.93. The smallest absolute Gasteiger partial charge is 0.0697 e. The van der Waals surface area contributed by atoms with Gasteiger partial charge in [-0.3, -0.25) is 0 Å². The van der Waals surface area contributed by atoms with Crippen LogP contribution in [-0.2, 0) is 0 Å². The second kappa shape index (κ2) is 4.73. The van der Waals surface area contributed by atoms with Crippen molar-refractivity contribution in [3.05, 3.63) is 0 Å². The van der Waals surface area contributed by atoms with Crippen molar-refractivity contribution < 1.29 is 0 Å². The second-order valence-corrected chi connectivity index (χ2v) is 5.99. The van der Waals surface area contributed by atoms with Gasteiger partial charge in [-0.2, -0.15) is 5.26 Å². The van der Waals surface area contributed by atoms with Gasteiger partial charge in [0.15, 0.2) is 0 Å². The maximum atomic E-state index is 9.01. The molecule has 1 aliphatic heterocycles. The van der Waals surface area contributed by atoms with Crippen molar-refractivity contribution in [2.75, 3.05) is 19.6 Å². The van der Waals surface area contributed by atoms with Crippen LogP contribution in [0.25, 0.3) is 0 Å². The van der Waals surface area contributed by atoms with Gasteiger partial charge in [0.05, 0.1) is 11.5 Å². The summed E-state index contributed by atoms with van der Waals surface area (Å²) in [5.41, 5.74) is -0.198. The number of nitriles is 1.